The van der Waals surface area contributed by atoms with Crippen LogP contribution in [0.25, 0.3) is 0 Å². The monoisotopic (exact) mass is 222 g/mol. The topological polar surface area (TPSA) is 35.8 Å². The zero-order chi connectivity index (χ0) is 11.3. The van der Waals surface area contributed by atoms with E-state index in [1.807, 2.05) is 12.1 Å². The SMILES string of the molecule is CCC(C)NC(C#N)c1ccc(Cl)cc1. The average Bonchev–Trinajstić information content (AvgIpc) is 2.27. The quantitative estimate of drug-likeness (QED) is 0.849. The largest absolute Gasteiger partial charge is 0.296 e. The van der Waals surface area contributed by atoms with Crippen molar-refractivity contribution in [3.05, 3.63) is 34.9 Å². The lowest BCUT2D eigenvalue weighted by atomic mass is 10.1. The van der Waals surface area contributed by atoms with E-state index in [-0.39, 0.29) is 6.04 Å². The minimum absolute atomic E-state index is 0.253. The molecule has 0 fully saturated rings. The zero-order valence-corrected chi connectivity index (χ0v) is 9.75. The predicted octanol–water partition coefficient (Wildman–Crippen LogP) is 3.29. The molecular weight excluding hydrogens is 208 g/mol. The van der Waals surface area contributed by atoms with Gasteiger partial charge in [0.15, 0.2) is 0 Å². The van der Waals surface area contributed by atoms with E-state index < -0.39 is 0 Å². The molecule has 0 aliphatic carbocycles. The van der Waals surface area contributed by atoms with Crippen molar-refractivity contribution >= 4 is 11.6 Å². The van der Waals surface area contributed by atoms with E-state index in [2.05, 4.69) is 25.2 Å². The second-order valence-electron chi connectivity index (χ2n) is 3.59. The molecule has 80 valence electrons. The first-order valence-electron chi connectivity index (χ1n) is 5.08. The van der Waals surface area contributed by atoms with Crippen molar-refractivity contribution < 1.29 is 0 Å². The Kier molecular flexibility index (Phi) is 4.61. The normalized spacial score (nSPS) is 14.3. The van der Waals surface area contributed by atoms with Crippen LogP contribution in [0.2, 0.25) is 5.02 Å². The van der Waals surface area contributed by atoms with Gasteiger partial charge in [0.25, 0.3) is 0 Å². The molecule has 1 aromatic carbocycles. The summed E-state index contributed by atoms with van der Waals surface area (Å²) >= 11 is 5.79. The number of hydrogen-bond donors (Lipinski definition) is 1. The molecule has 3 heteroatoms. The van der Waals surface area contributed by atoms with Gasteiger partial charge in [-0.25, -0.2) is 0 Å². The van der Waals surface area contributed by atoms with E-state index in [9.17, 15) is 0 Å². The number of hydrogen-bond acceptors (Lipinski definition) is 2. The summed E-state index contributed by atoms with van der Waals surface area (Å²) in [6.45, 7) is 4.16. The molecule has 0 aromatic heterocycles. The Bertz CT molecular complexity index is 340. The maximum atomic E-state index is 9.05. The lowest BCUT2D eigenvalue weighted by molar-refractivity contribution is 0.501. The third-order valence-corrected chi connectivity index (χ3v) is 2.65. The van der Waals surface area contributed by atoms with Gasteiger partial charge in [0.2, 0.25) is 0 Å². The van der Waals surface area contributed by atoms with E-state index >= 15 is 0 Å². The van der Waals surface area contributed by atoms with Crippen LogP contribution in [0.1, 0.15) is 31.9 Å². The molecule has 0 amide bonds. The van der Waals surface area contributed by atoms with E-state index in [0.717, 1.165) is 12.0 Å². The molecule has 1 N–H and O–H groups in total. The third-order valence-electron chi connectivity index (χ3n) is 2.40. The maximum Gasteiger partial charge on any atom is 0.121 e. The highest BCUT2D eigenvalue weighted by atomic mass is 35.5. The molecule has 2 nitrogen and oxygen atoms in total. The first kappa shape index (κ1) is 12.0. The van der Waals surface area contributed by atoms with Gasteiger partial charge in [-0.05, 0) is 31.0 Å². The van der Waals surface area contributed by atoms with E-state index in [0.29, 0.717) is 11.1 Å². The summed E-state index contributed by atoms with van der Waals surface area (Å²) < 4.78 is 0. The van der Waals surface area contributed by atoms with Crippen LogP contribution >= 0.6 is 11.6 Å². The van der Waals surface area contributed by atoms with Crippen LogP contribution in [0, 0.1) is 11.3 Å². The number of rotatable bonds is 4. The van der Waals surface area contributed by atoms with Gasteiger partial charge in [-0.15, -0.1) is 0 Å². The fraction of sp³-hybridized carbons (Fsp3) is 0.417. The van der Waals surface area contributed by atoms with Crippen molar-refractivity contribution in [1.29, 1.82) is 5.26 Å². The van der Waals surface area contributed by atoms with Crippen molar-refractivity contribution in [1.82, 2.24) is 5.32 Å². The first-order valence-corrected chi connectivity index (χ1v) is 5.46. The fourth-order valence-electron chi connectivity index (χ4n) is 1.27. The van der Waals surface area contributed by atoms with Gasteiger partial charge in [0.05, 0.1) is 6.07 Å². The number of nitrogens with zero attached hydrogens (tertiary/aromatic N) is 1. The smallest absolute Gasteiger partial charge is 0.121 e. The maximum absolute atomic E-state index is 9.05. The summed E-state index contributed by atoms with van der Waals surface area (Å²) in [4.78, 5) is 0. The third kappa shape index (κ3) is 3.54. The molecule has 1 aromatic rings. The standard InChI is InChI=1S/C12H15ClN2/c1-3-9(2)15-12(8-14)10-4-6-11(13)7-5-10/h4-7,9,12,15H,3H2,1-2H3. The molecule has 15 heavy (non-hydrogen) atoms. The number of nitriles is 1. The molecule has 0 saturated carbocycles. The van der Waals surface area contributed by atoms with E-state index in [4.69, 9.17) is 16.9 Å². The zero-order valence-electron chi connectivity index (χ0n) is 9.00. The van der Waals surface area contributed by atoms with Crippen LogP contribution in [-0.2, 0) is 0 Å². The Labute approximate surface area is 95.9 Å². The molecule has 2 unspecified atom stereocenters. The number of halogens is 1. The summed E-state index contributed by atoms with van der Waals surface area (Å²) in [6.07, 6.45) is 1.01. The van der Waals surface area contributed by atoms with Gasteiger partial charge < -0.3 is 0 Å². The van der Waals surface area contributed by atoms with Crippen LogP contribution in [0.3, 0.4) is 0 Å². The highest BCUT2D eigenvalue weighted by molar-refractivity contribution is 6.30. The van der Waals surface area contributed by atoms with Crippen molar-refractivity contribution in [2.24, 2.45) is 0 Å². The Morgan fingerprint density at radius 2 is 2.00 bits per heavy atom. The molecule has 0 aliphatic heterocycles. The van der Waals surface area contributed by atoms with Crippen LogP contribution in [0.5, 0.6) is 0 Å². The predicted molar refractivity (Wildman–Crippen MR) is 62.7 cm³/mol. The summed E-state index contributed by atoms with van der Waals surface area (Å²) in [6, 6.07) is 9.71. The van der Waals surface area contributed by atoms with Crippen LogP contribution in [-0.4, -0.2) is 6.04 Å². The average molecular weight is 223 g/mol. The lowest BCUT2D eigenvalue weighted by Gasteiger charge is -2.16. The minimum Gasteiger partial charge on any atom is -0.296 e. The molecule has 0 heterocycles. The highest BCUT2D eigenvalue weighted by Crippen LogP contribution is 2.16. The van der Waals surface area contributed by atoms with Crippen molar-refractivity contribution in [3.8, 4) is 6.07 Å². The Hall–Kier alpha value is -1.04. The summed E-state index contributed by atoms with van der Waals surface area (Å²) in [5.74, 6) is 0. The first-order chi connectivity index (χ1) is 7.17. The molecule has 0 aliphatic rings. The summed E-state index contributed by atoms with van der Waals surface area (Å²) in [5, 5.41) is 13.0. The highest BCUT2D eigenvalue weighted by Gasteiger charge is 2.11. The number of benzene rings is 1. The fourth-order valence-corrected chi connectivity index (χ4v) is 1.39. The van der Waals surface area contributed by atoms with Crippen LogP contribution < -0.4 is 5.32 Å². The summed E-state index contributed by atoms with van der Waals surface area (Å²) in [7, 11) is 0. The van der Waals surface area contributed by atoms with Gasteiger partial charge in [-0.3, -0.25) is 5.32 Å². The molecule has 0 saturated heterocycles. The van der Waals surface area contributed by atoms with Crippen molar-refractivity contribution in [2.45, 2.75) is 32.4 Å². The second kappa shape index (κ2) is 5.75. The van der Waals surface area contributed by atoms with Crippen LogP contribution in [0.15, 0.2) is 24.3 Å². The van der Waals surface area contributed by atoms with Gasteiger partial charge in [0, 0.05) is 11.1 Å². The minimum atomic E-state index is -0.253. The van der Waals surface area contributed by atoms with Gasteiger partial charge in [0.1, 0.15) is 6.04 Å². The van der Waals surface area contributed by atoms with Gasteiger partial charge in [-0.1, -0.05) is 30.7 Å². The molecule has 0 bridgehead atoms. The number of nitrogens with one attached hydrogen (secondary N) is 1. The summed E-state index contributed by atoms with van der Waals surface area (Å²) in [5.41, 5.74) is 0.960. The van der Waals surface area contributed by atoms with Crippen molar-refractivity contribution in [3.63, 3.8) is 0 Å². The molecule has 0 radical (unpaired) electrons. The van der Waals surface area contributed by atoms with Gasteiger partial charge in [-0.2, -0.15) is 5.26 Å². The molecule has 0 spiro atoms. The molecular formula is C12H15ClN2. The second-order valence-corrected chi connectivity index (χ2v) is 4.03. The Morgan fingerprint density at radius 3 is 2.47 bits per heavy atom. The van der Waals surface area contributed by atoms with Gasteiger partial charge >= 0.3 is 0 Å². The Balaban J connectivity index is 2.75. The Morgan fingerprint density at radius 1 is 1.40 bits per heavy atom. The lowest BCUT2D eigenvalue weighted by Crippen LogP contribution is -2.29. The van der Waals surface area contributed by atoms with Crippen LogP contribution in [0.4, 0.5) is 0 Å². The van der Waals surface area contributed by atoms with Crippen molar-refractivity contribution in [2.75, 3.05) is 0 Å². The van der Waals surface area contributed by atoms with E-state index in [1.54, 1.807) is 12.1 Å². The molecule has 1 rings (SSSR count). The van der Waals surface area contributed by atoms with E-state index in [1.165, 1.54) is 0 Å². The molecule has 2 atom stereocenters.